The van der Waals surface area contributed by atoms with Crippen molar-refractivity contribution >= 4 is 46.5 Å². The van der Waals surface area contributed by atoms with Crippen LogP contribution in [0.3, 0.4) is 0 Å². The molecule has 0 aliphatic carbocycles. The number of hydrogen-bond donors (Lipinski definition) is 1. The second-order valence-electron chi connectivity index (χ2n) is 4.85. The van der Waals surface area contributed by atoms with Gasteiger partial charge in [-0.3, -0.25) is 0 Å². The van der Waals surface area contributed by atoms with Gasteiger partial charge >= 0.3 is 0 Å². The highest BCUT2D eigenvalue weighted by atomic mass is 35.5. The van der Waals surface area contributed by atoms with Gasteiger partial charge in [0, 0.05) is 6.61 Å². The number of nitrogens with one attached hydrogen (secondary N) is 1. The summed E-state index contributed by atoms with van der Waals surface area (Å²) in [4.78, 5) is 3.18. The number of aromatic amines is 1. The van der Waals surface area contributed by atoms with Crippen LogP contribution in [0.2, 0.25) is 10.0 Å². The van der Waals surface area contributed by atoms with Crippen LogP contribution in [-0.4, -0.2) is 22.8 Å². The topological polar surface area (TPSA) is 29.9 Å². The Morgan fingerprint density at radius 3 is 2.78 bits per heavy atom. The Bertz CT molecular complexity index is 671. The van der Waals surface area contributed by atoms with Crippen molar-refractivity contribution in [2.24, 2.45) is 0 Å². The van der Waals surface area contributed by atoms with Crippen molar-refractivity contribution < 1.29 is 4.74 Å². The SMILES string of the molecule is CC1(n2c(=S)[nH]c3cc(Cl)c(Cl)cc32)CCOC1. The highest BCUT2D eigenvalue weighted by Gasteiger charge is 2.33. The second-order valence-corrected chi connectivity index (χ2v) is 6.05. The number of ether oxygens (including phenoxy) is 1. The normalized spacial score (nSPS) is 23.9. The monoisotopic (exact) mass is 302 g/mol. The van der Waals surface area contributed by atoms with Crippen molar-refractivity contribution in [3.8, 4) is 0 Å². The molecule has 1 aliphatic heterocycles. The van der Waals surface area contributed by atoms with E-state index >= 15 is 0 Å². The first kappa shape index (κ1) is 12.5. The van der Waals surface area contributed by atoms with E-state index in [1.54, 1.807) is 0 Å². The molecule has 0 saturated carbocycles. The third-order valence-electron chi connectivity index (χ3n) is 3.46. The molecular formula is C12H12Cl2N2OS. The summed E-state index contributed by atoms with van der Waals surface area (Å²) in [6.45, 7) is 3.56. The van der Waals surface area contributed by atoms with Gasteiger partial charge in [-0.2, -0.15) is 0 Å². The van der Waals surface area contributed by atoms with E-state index in [0.29, 0.717) is 21.4 Å². The maximum atomic E-state index is 6.10. The largest absolute Gasteiger partial charge is 0.379 e. The van der Waals surface area contributed by atoms with E-state index in [2.05, 4.69) is 16.5 Å². The summed E-state index contributed by atoms with van der Waals surface area (Å²) >= 11 is 17.5. The second kappa shape index (κ2) is 4.23. The summed E-state index contributed by atoms with van der Waals surface area (Å²) in [5, 5.41) is 1.06. The molecule has 0 amide bonds. The van der Waals surface area contributed by atoms with Gasteiger partial charge in [0.25, 0.3) is 0 Å². The number of imidazole rings is 1. The van der Waals surface area contributed by atoms with E-state index in [4.69, 9.17) is 40.2 Å². The fourth-order valence-corrected chi connectivity index (χ4v) is 3.22. The van der Waals surface area contributed by atoms with Gasteiger partial charge in [0.15, 0.2) is 4.77 Å². The highest BCUT2D eigenvalue weighted by Crippen LogP contribution is 2.34. The lowest BCUT2D eigenvalue weighted by Gasteiger charge is -2.24. The molecule has 6 heteroatoms. The number of fused-ring (bicyclic) bond motifs is 1. The number of rotatable bonds is 1. The lowest BCUT2D eigenvalue weighted by atomic mass is 10.0. The molecule has 1 unspecified atom stereocenters. The van der Waals surface area contributed by atoms with Crippen LogP contribution in [0.15, 0.2) is 12.1 Å². The maximum absolute atomic E-state index is 6.10. The Hall–Kier alpha value is -0.550. The number of aromatic nitrogens is 2. The van der Waals surface area contributed by atoms with Crippen molar-refractivity contribution in [1.82, 2.24) is 9.55 Å². The van der Waals surface area contributed by atoms with Crippen molar-refractivity contribution in [2.45, 2.75) is 18.9 Å². The molecule has 2 heterocycles. The van der Waals surface area contributed by atoms with Crippen LogP contribution in [0, 0.1) is 4.77 Å². The van der Waals surface area contributed by atoms with Gasteiger partial charge in [0.1, 0.15) is 0 Å². The molecule has 1 fully saturated rings. The maximum Gasteiger partial charge on any atom is 0.178 e. The lowest BCUT2D eigenvalue weighted by molar-refractivity contribution is 0.162. The van der Waals surface area contributed by atoms with Gasteiger partial charge in [0.2, 0.25) is 0 Å². The van der Waals surface area contributed by atoms with Crippen LogP contribution >= 0.6 is 35.4 Å². The summed E-state index contributed by atoms with van der Waals surface area (Å²) < 4.78 is 8.27. The first-order valence-electron chi connectivity index (χ1n) is 5.69. The average molecular weight is 303 g/mol. The molecule has 0 radical (unpaired) electrons. The minimum absolute atomic E-state index is 0.119. The minimum atomic E-state index is -0.119. The molecule has 0 bridgehead atoms. The molecule has 96 valence electrons. The Labute approximate surface area is 120 Å². The van der Waals surface area contributed by atoms with Crippen LogP contribution < -0.4 is 0 Å². The average Bonchev–Trinajstić information content (AvgIpc) is 2.84. The Kier molecular flexibility index (Phi) is 2.94. The quantitative estimate of drug-likeness (QED) is 0.802. The molecular weight excluding hydrogens is 291 g/mol. The van der Waals surface area contributed by atoms with Gasteiger partial charge < -0.3 is 14.3 Å². The molecule has 1 aliphatic rings. The number of benzene rings is 1. The third-order valence-corrected chi connectivity index (χ3v) is 4.47. The van der Waals surface area contributed by atoms with Crippen LogP contribution in [0.4, 0.5) is 0 Å². The molecule has 1 aromatic carbocycles. The first-order valence-corrected chi connectivity index (χ1v) is 6.86. The van der Waals surface area contributed by atoms with E-state index in [1.807, 2.05) is 12.1 Å². The highest BCUT2D eigenvalue weighted by molar-refractivity contribution is 7.71. The Balaban J connectivity index is 2.32. The summed E-state index contributed by atoms with van der Waals surface area (Å²) in [6.07, 6.45) is 0.939. The zero-order valence-electron chi connectivity index (χ0n) is 9.80. The lowest BCUT2D eigenvalue weighted by Crippen LogP contribution is -2.30. The minimum Gasteiger partial charge on any atom is -0.379 e. The van der Waals surface area contributed by atoms with Crippen LogP contribution in [0.25, 0.3) is 11.0 Å². The molecule has 3 nitrogen and oxygen atoms in total. The summed E-state index contributed by atoms with van der Waals surface area (Å²) in [6, 6.07) is 3.67. The number of hydrogen-bond acceptors (Lipinski definition) is 2. The number of H-pyrrole nitrogens is 1. The van der Waals surface area contributed by atoms with Crippen molar-refractivity contribution in [2.75, 3.05) is 13.2 Å². The van der Waals surface area contributed by atoms with Gasteiger partial charge in [-0.15, -0.1) is 0 Å². The van der Waals surface area contributed by atoms with Gasteiger partial charge in [0.05, 0.1) is 33.2 Å². The van der Waals surface area contributed by atoms with Gasteiger partial charge in [-0.1, -0.05) is 23.2 Å². The van der Waals surface area contributed by atoms with E-state index in [1.165, 1.54) is 0 Å². The summed E-state index contributed by atoms with van der Waals surface area (Å²) in [5.74, 6) is 0. The van der Waals surface area contributed by atoms with E-state index in [-0.39, 0.29) is 5.54 Å². The fourth-order valence-electron chi connectivity index (χ4n) is 2.47. The van der Waals surface area contributed by atoms with E-state index in [9.17, 15) is 0 Å². The number of halogens is 2. The molecule has 1 atom stereocenters. The predicted octanol–water partition coefficient (Wildman–Crippen LogP) is 4.14. The van der Waals surface area contributed by atoms with Crippen molar-refractivity contribution in [1.29, 1.82) is 0 Å². The van der Waals surface area contributed by atoms with Crippen LogP contribution in [0.5, 0.6) is 0 Å². The van der Waals surface area contributed by atoms with Crippen LogP contribution in [-0.2, 0) is 10.3 Å². The smallest absolute Gasteiger partial charge is 0.178 e. The summed E-state index contributed by atoms with van der Waals surface area (Å²) in [7, 11) is 0. The van der Waals surface area contributed by atoms with E-state index in [0.717, 1.165) is 24.1 Å². The molecule has 2 aromatic rings. The molecule has 3 rings (SSSR count). The zero-order chi connectivity index (χ0) is 12.9. The molecule has 1 aromatic heterocycles. The molecule has 0 spiro atoms. The molecule has 1 N–H and O–H groups in total. The molecule has 1 saturated heterocycles. The zero-order valence-corrected chi connectivity index (χ0v) is 12.1. The standard InChI is InChI=1S/C12H12Cl2N2OS/c1-12(2-3-17-6-12)16-10-5-8(14)7(13)4-9(10)15-11(16)18/h4-5H,2-3,6H2,1H3,(H,15,18). The fraction of sp³-hybridized carbons (Fsp3) is 0.417. The van der Waals surface area contributed by atoms with Crippen molar-refractivity contribution in [3.63, 3.8) is 0 Å². The van der Waals surface area contributed by atoms with Gasteiger partial charge in [-0.25, -0.2) is 0 Å². The number of nitrogens with zero attached hydrogens (tertiary/aromatic N) is 1. The Morgan fingerprint density at radius 1 is 1.39 bits per heavy atom. The van der Waals surface area contributed by atoms with Gasteiger partial charge in [-0.05, 0) is 37.7 Å². The first-order chi connectivity index (χ1) is 8.51. The van der Waals surface area contributed by atoms with E-state index < -0.39 is 0 Å². The molecule has 18 heavy (non-hydrogen) atoms. The predicted molar refractivity (Wildman–Crippen MR) is 76.2 cm³/mol. The third kappa shape index (κ3) is 1.79. The Morgan fingerprint density at radius 2 is 2.11 bits per heavy atom. The van der Waals surface area contributed by atoms with Crippen LogP contribution in [0.1, 0.15) is 13.3 Å². The van der Waals surface area contributed by atoms with Crippen molar-refractivity contribution in [3.05, 3.63) is 26.9 Å². The summed E-state index contributed by atoms with van der Waals surface area (Å²) in [5.41, 5.74) is 1.76.